The standard InChI is InChI=1S/C10H16F6N2O2/c11-9(12,13)7(19)5-17-1-2-18(4-3-17)6-8(20)10(14,15)16/h7-8,19-20H,1-6H2. The zero-order valence-electron chi connectivity index (χ0n) is 10.5. The second-order valence-corrected chi connectivity index (χ2v) is 4.72. The zero-order valence-corrected chi connectivity index (χ0v) is 10.5. The van der Waals surface area contributed by atoms with Crippen molar-refractivity contribution in [3.05, 3.63) is 0 Å². The second-order valence-electron chi connectivity index (χ2n) is 4.72. The molecule has 0 aromatic carbocycles. The number of hydrogen-bond acceptors (Lipinski definition) is 4. The van der Waals surface area contributed by atoms with Crippen molar-refractivity contribution in [2.75, 3.05) is 39.3 Å². The molecule has 4 nitrogen and oxygen atoms in total. The molecule has 1 aliphatic rings. The van der Waals surface area contributed by atoms with Crippen molar-refractivity contribution < 1.29 is 36.6 Å². The Morgan fingerprint density at radius 2 is 0.950 bits per heavy atom. The number of hydrogen-bond donors (Lipinski definition) is 2. The Hall–Kier alpha value is -0.580. The maximum absolute atomic E-state index is 12.1. The first-order valence-corrected chi connectivity index (χ1v) is 5.94. The molecule has 120 valence electrons. The number of halogens is 6. The SMILES string of the molecule is OC(CN1CCN(CC(O)C(F)(F)F)CC1)C(F)(F)F. The highest BCUT2D eigenvalue weighted by atomic mass is 19.4. The average Bonchev–Trinajstić information content (AvgIpc) is 2.29. The molecule has 2 N–H and O–H groups in total. The summed E-state index contributed by atoms with van der Waals surface area (Å²) in [4.78, 5) is 2.66. The third kappa shape index (κ3) is 5.43. The predicted octanol–water partition coefficient (Wildman–Crippen LogP) is 0.450. The minimum absolute atomic E-state index is 0.109. The van der Waals surface area contributed by atoms with E-state index in [1.807, 2.05) is 0 Å². The van der Waals surface area contributed by atoms with Crippen LogP contribution in [0.2, 0.25) is 0 Å². The fraction of sp³-hybridized carbons (Fsp3) is 1.00. The molecule has 0 bridgehead atoms. The van der Waals surface area contributed by atoms with Gasteiger partial charge in [-0.3, -0.25) is 9.80 Å². The largest absolute Gasteiger partial charge is 0.415 e. The lowest BCUT2D eigenvalue weighted by molar-refractivity contribution is -0.213. The van der Waals surface area contributed by atoms with Gasteiger partial charge in [-0.1, -0.05) is 0 Å². The van der Waals surface area contributed by atoms with Crippen molar-refractivity contribution in [2.24, 2.45) is 0 Å². The van der Waals surface area contributed by atoms with Crippen LogP contribution < -0.4 is 0 Å². The van der Waals surface area contributed by atoms with Gasteiger partial charge in [-0.15, -0.1) is 0 Å². The molecule has 2 unspecified atom stereocenters. The molecule has 10 heteroatoms. The van der Waals surface area contributed by atoms with Crippen molar-refractivity contribution in [1.29, 1.82) is 0 Å². The fourth-order valence-corrected chi connectivity index (χ4v) is 1.85. The van der Waals surface area contributed by atoms with Crippen LogP contribution in [-0.4, -0.2) is 83.8 Å². The third-order valence-electron chi connectivity index (χ3n) is 3.08. The normalized spacial score (nSPS) is 22.8. The van der Waals surface area contributed by atoms with Gasteiger partial charge in [0.1, 0.15) is 0 Å². The van der Waals surface area contributed by atoms with E-state index in [-0.39, 0.29) is 26.2 Å². The Morgan fingerprint density at radius 3 is 1.15 bits per heavy atom. The van der Waals surface area contributed by atoms with E-state index in [1.54, 1.807) is 0 Å². The van der Waals surface area contributed by atoms with Crippen LogP contribution in [0.4, 0.5) is 26.3 Å². The van der Waals surface area contributed by atoms with Gasteiger partial charge in [0.2, 0.25) is 0 Å². The van der Waals surface area contributed by atoms with Gasteiger partial charge in [-0.2, -0.15) is 26.3 Å². The molecule has 0 aliphatic carbocycles. The van der Waals surface area contributed by atoms with Crippen molar-refractivity contribution in [2.45, 2.75) is 24.6 Å². The van der Waals surface area contributed by atoms with Gasteiger partial charge >= 0.3 is 12.4 Å². The molecule has 20 heavy (non-hydrogen) atoms. The minimum Gasteiger partial charge on any atom is -0.382 e. The number of β-amino-alcohol motifs (C(OH)–C–C–N with tert-alkyl or cyclic N) is 2. The molecule has 0 amide bonds. The molecule has 1 heterocycles. The summed E-state index contributed by atoms with van der Waals surface area (Å²) in [6.07, 6.45) is -14.3. The molecule has 0 aromatic heterocycles. The van der Waals surface area contributed by atoms with Gasteiger partial charge in [-0.25, -0.2) is 0 Å². The number of aliphatic hydroxyl groups is 2. The van der Waals surface area contributed by atoms with Crippen LogP contribution >= 0.6 is 0 Å². The summed E-state index contributed by atoms with van der Waals surface area (Å²) in [7, 11) is 0. The Bertz CT molecular complexity index is 271. The minimum atomic E-state index is -4.70. The highest BCUT2D eigenvalue weighted by Crippen LogP contribution is 2.22. The summed E-state index contributed by atoms with van der Waals surface area (Å²) in [5, 5.41) is 17.8. The molecular formula is C10H16F6N2O2. The summed E-state index contributed by atoms with van der Waals surface area (Å²) in [6.45, 7) is -0.761. The molecule has 0 aromatic rings. The summed E-state index contributed by atoms with van der Waals surface area (Å²) >= 11 is 0. The van der Waals surface area contributed by atoms with E-state index < -0.39 is 37.7 Å². The maximum atomic E-state index is 12.1. The smallest absolute Gasteiger partial charge is 0.382 e. The maximum Gasteiger partial charge on any atom is 0.415 e. The Kier molecular flexibility index (Phi) is 5.64. The van der Waals surface area contributed by atoms with Crippen molar-refractivity contribution in [3.8, 4) is 0 Å². The lowest BCUT2D eigenvalue weighted by Crippen LogP contribution is -2.53. The highest BCUT2D eigenvalue weighted by molar-refractivity contribution is 4.79. The second kappa shape index (κ2) is 6.46. The number of aliphatic hydroxyl groups excluding tert-OH is 2. The molecule has 1 saturated heterocycles. The topological polar surface area (TPSA) is 46.9 Å². The molecule has 0 saturated carbocycles. The van der Waals surface area contributed by atoms with E-state index in [1.165, 1.54) is 9.80 Å². The van der Waals surface area contributed by atoms with Gasteiger partial charge in [0, 0.05) is 39.3 Å². The van der Waals surface area contributed by atoms with Gasteiger partial charge in [0.05, 0.1) is 0 Å². The average molecular weight is 310 g/mol. The first kappa shape index (κ1) is 17.5. The highest BCUT2D eigenvalue weighted by Gasteiger charge is 2.41. The van der Waals surface area contributed by atoms with E-state index in [0.717, 1.165) is 0 Å². The zero-order chi connectivity index (χ0) is 15.6. The molecule has 2 atom stereocenters. The van der Waals surface area contributed by atoms with Gasteiger partial charge < -0.3 is 10.2 Å². The summed E-state index contributed by atoms with van der Waals surface area (Å²) < 4.78 is 72.8. The number of alkyl halides is 6. The van der Waals surface area contributed by atoms with Crippen LogP contribution in [0.1, 0.15) is 0 Å². The van der Waals surface area contributed by atoms with E-state index in [0.29, 0.717) is 0 Å². The lowest BCUT2D eigenvalue weighted by Gasteiger charge is -2.36. The van der Waals surface area contributed by atoms with Crippen LogP contribution in [0, 0.1) is 0 Å². The van der Waals surface area contributed by atoms with Gasteiger partial charge in [0.15, 0.2) is 12.2 Å². The summed E-state index contributed by atoms with van der Waals surface area (Å²) in [6, 6.07) is 0. The Labute approximate surface area is 111 Å². The predicted molar refractivity (Wildman–Crippen MR) is 57.0 cm³/mol. The van der Waals surface area contributed by atoms with Crippen LogP contribution in [0.25, 0.3) is 0 Å². The van der Waals surface area contributed by atoms with Crippen LogP contribution in [0.5, 0.6) is 0 Å². The van der Waals surface area contributed by atoms with Gasteiger partial charge in [-0.05, 0) is 0 Å². The van der Waals surface area contributed by atoms with Crippen LogP contribution in [0.15, 0.2) is 0 Å². The van der Waals surface area contributed by atoms with Crippen molar-refractivity contribution in [3.63, 3.8) is 0 Å². The molecule has 1 fully saturated rings. The summed E-state index contributed by atoms with van der Waals surface area (Å²) in [5.74, 6) is 0. The lowest BCUT2D eigenvalue weighted by atomic mass is 10.2. The molecular weight excluding hydrogens is 294 g/mol. The summed E-state index contributed by atoms with van der Waals surface area (Å²) in [5.41, 5.74) is 0. The third-order valence-corrected chi connectivity index (χ3v) is 3.08. The van der Waals surface area contributed by atoms with E-state index >= 15 is 0 Å². The Balaban J connectivity index is 2.34. The number of piperazine rings is 1. The number of rotatable bonds is 4. The first-order valence-electron chi connectivity index (χ1n) is 5.94. The first-order chi connectivity index (χ1) is 9.00. The molecule has 1 rings (SSSR count). The van der Waals surface area contributed by atoms with E-state index in [2.05, 4.69) is 0 Å². The van der Waals surface area contributed by atoms with Crippen molar-refractivity contribution >= 4 is 0 Å². The molecule has 0 spiro atoms. The van der Waals surface area contributed by atoms with E-state index in [9.17, 15) is 26.3 Å². The van der Waals surface area contributed by atoms with Gasteiger partial charge in [0.25, 0.3) is 0 Å². The fourth-order valence-electron chi connectivity index (χ4n) is 1.85. The molecule has 0 radical (unpaired) electrons. The quantitative estimate of drug-likeness (QED) is 0.740. The van der Waals surface area contributed by atoms with Crippen LogP contribution in [0.3, 0.4) is 0 Å². The Morgan fingerprint density at radius 1 is 0.700 bits per heavy atom. The van der Waals surface area contributed by atoms with Crippen molar-refractivity contribution in [1.82, 2.24) is 9.80 Å². The monoisotopic (exact) mass is 310 g/mol. The number of nitrogens with zero attached hydrogens (tertiary/aromatic N) is 2. The van der Waals surface area contributed by atoms with E-state index in [4.69, 9.17) is 10.2 Å². The molecule has 1 aliphatic heterocycles. The van der Waals surface area contributed by atoms with Crippen LogP contribution in [-0.2, 0) is 0 Å².